The molecule has 0 spiro atoms. The van der Waals surface area contributed by atoms with E-state index in [-0.39, 0.29) is 5.69 Å². The highest BCUT2D eigenvalue weighted by molar-refractivity contribution is 5.87. The maximum absolute atomic E-state index is 12.9. The molecular formula is C16H17F3N2O2. The molecule has 1 aromatic carbocycles. The third kappa shape index (κ3) is 3.95. The van der Waals surface area contributed by atoms with Crippen molar-refractivity contribution in [3.05, 3.63) is 29.3 Å². The number of rotatable bonds is 2. The van der Waals surface area contributed by atoms with Crippen LogP contribution in [0.25, 0.3) is 0 Å². The highest BCUT2D eigenvalue weighted by Gasteiger charge is 2.47. The number of nitriles is 1. The third-order valence-electron chi connectivity index (χ3n) is 3.46. The number of benzene rings is 1. The van der Waals surface area contributed by atoms with E-state index < -0.39 is 28.8 Å². The minimum atomic E-state index is -4.54. The number of carbonyl (C=O) groups excluding carboxylic acids is 1. The Morgan fingerprint density at radius 2 is 1.91 bits per heavy atom. The number of carbonyl (C=O) groups is 1. The maximum atomic E-state index is 12.9. The summed E-state index contributed by atoms with van der Waals surface area (Å²) in [6.45, 7) is 4.95. The Balaban J connectivity index is 2.38. The monoisotopic (exact) mass is 326 g/mol. The molecule has 1 fully saturated rings. The van der Waals surface area contributed by atoms with Gasteiger partial charge in [0.1, 0.15) is 5.60 Å². The van der Waals surface area contributed by atoms with Gasteiger partial charge in [-0.05, 0) is 51.3 Å². The lowest BCUT2D eigenvalue weighted by atomic mass is 9.94. The van der Waals surface area contributed by atoms with Crippen LogP contribution in [0.1, 0.15) is 44.7 Å². The zero-order valence-corrected chi connectivity index (χ0v) is 13.0. The van der Waals surface area contributed by atoms with Crippen LogP contribution < -0.4 is 5.32 Å². The molecule has 0 atom stereocenters. The zero-order chi connectivity index (χ0) is 17.5. The smallest absolute Gasteiger partial charge is 0.416 e. The summed E-state index contributed by atoms with van der Waals surface area (Å²) in [5.41, 5.74) is -2.14. The fraction of sp³-hybridized carbons (Fsp3) is 0.500. The van der Waals surface area contributed by atoms with Crippen LogP contribution in [0, 0.1) is 11.3 Å². The molecule has 0 aliphatic heterocycles. The SMILES string of the molecule is CC(C)(C)OC(=O)Nc1cc(C(F)(F)F)ccc1C1(C#N)CC1. The Hall–Kier alpha value is -2.23. The van der Waals surface area contributed by atoms with Crippen molar-refractivity contribution >= 4 is 11.8 Å². The summed E-state index contributed by atoms with van der Waals surface area (Å²) in [5, 5.41) is 11.6. The fourth-order valence-corrected chi connectivity index (χ4v) is 2.22. The summed E-state index contributed by atoms with van der Waals surface area (Å²) >= 11 is 0. The normalized spacial score (nSPS) is 16.4. The van der Waals surface area contributed by atoms with Gasteiger partial charge in [-0.25, -0.2) is 4.79 Å². The van der Waals surface area contributed by atoms with Crippen molar-refractivity contribution in [2.75, 3.05) is 5.32 Å². The zero-order valence-electron chi connectivity index (χ0n) is 13.0. The van der Waals surface area contributed by atoms with Crippen molar-refractivity contribution in [1.29, 1.82) is 5.26 Å². The molecule has 1 aromatic rings. The molecule has 0 saturated heterocycles. The lowest BCUT2D eigenvalue weighted by Crippen LogP contribution is -2.28. The standard InChI is InChI=1S/C16H17F3N2O2/c1-14(2,3)23-13(22)21-12-8-10(16(17,18)19)4-5-11(12)15(9-20)6-7-15/h4-5,8H,6-7H2,1-3H3,(H,21,22). The first-order chi connectivity index (χ1) is 10.5. The van der Waals surface area contributed by atoms with E-state index in [1.165, 1.54) is 6.07 Å². The number of anilines is 1. The van der Waals surface area contributed by atoms with Gasteiger partial charge in [-0.1, -0.05) is 6.07 Å². The van der Waals surface area contributed by atoms with Crippen LogP contribution in [0.4, 0.5) is 23.7 Å². The summed E-state index contributed by atoms with van der Waals surface area (Å²) < 4.78 is 43.8. The number of halogens is 3. The van der Waals surface area contributed by atoms with E-state index in [4.69, 9.17) is 4.74 Å². The predicted molar refractivity (Wildman–Crippen MR) is 77.8 cm³/mol. The van der Waals surface area contributed by atoms with E-state index in [9.17, 15) is 23.2 Å². The van der Waals surface area contributed by atoms with Crippen molar-refractivity contribution < 1.29 is 22.7 Å². The van der Waals surface area contributed by atoms with Crippen LogP contribution in [0.15, 0.2) is 18.2 Å². The molecule has 0 heterocycles. The first kappa shape index (κ1) is 17.1. The van der Waals surface area contributed by atoms with Crippen LogP contribution in [-0.2, 0) is 16.3 Å². The summed E-state index contributed by atoms with van der Waals surface area (Å²) in [6.07, 6.45) is -4.28. The predicted octanol–water partition coefficient (Wildman–Crippen LogP) is 4.61. The van der Waals surface area contributed by atoms with Gasteiger partial charge >= 0.3 is 12.3 Å². The highest BCUT2D eigenvalue weighted by atomic mass is 19.4. The van der Waals surface area contributed by atoms with Gasteiger partial charge < -0.3 is 4.74 Å². The molecule has 23 heavy (non-hydrogen) atoms. The molecule has 1 amide bonds. The van der Waals surface area contributed by atoms with Gasteiger partial charge in [0.2, 0.25) is 0 Å². The second kappa shape index (κ2) is 5.44. The van der Waals surface area contributed by atoms with E-state index in [1.54, 1.807) is 20.8 Å². The van der Waals surface area contributed by atoms with Crippen molar-refractivity contribution in [1.82, 2.24) is 0 Å². The molecule has 1 saturated carbocycles. The molecule has 2 rings (SSSR count). The minimum Gasteiger partial charge on any atom is -0.444 e. The summed E-state index contributed by atoms with van der Waals surface area (Å²) in [6, 6.07) is 5.14. The molecule has 0 bridgehead atoms. The van der Waals surface area contributed by atoms with Gasteiger partial charge in [0, 0.05) is 5.69 Å². The summed E-state index contributed by atoms with van der Waals surface area (Å²) in [4.78, 5) is 11.9. The van der Waals surface area contributed by atoms with Crippen LogP contribution in [-0.4, -0.2) is 11.7 Å². The number of amides is 1. The Morgan fingerprint density at radius 3 is 2.35 bits per heavy atom. The van der Waals surface area contributed by atoms with Gasteiger partial charge in [0.15, 0.2) is 0 Å². The number of alkyl halides is 3. The van der Waals surface area contributed by atoms with E-state index >= 15 is 0 Å². The Kier molecular flexibility index (Phi) is 4.05. The Bertz CT molecular complexity index is 665. The first-order valence-electron chi connectivity index (χ1n) is 7.10. The molecular weight excluding hydrogens is 309 g/mol. The molecule has 0 radical (unpaired) electrons. The van der Waals surface area contributed by atoms with Crippen molar-refractivity contribution in [2.24, 2.45) is 0 Å². The van der Waals surface area contributed by atoms with E-state index in [0.29, 0.717) is 18.4 Å². The Labute approximate surface area is 132 Å². The number of hydrogen-bond donors (Lipinski definition) is 1. The van der Waals surface area contributed by atoms with E-state index in [0.717, 1.165) is 12.1 Å². The molecule has 0 aromatic heterocycles. The molecule has 7 heteroatoms. The molecule has 1 N–H and O–H groups in total. The number of nitrogens with one attached hydrogen (secondary N) is 1. The van der Waals surface area contributed by atoms with E-state index in [1.807, 2.05) is 0 Å². The minimum absolute atomic E-state index is 0.0341. The third-order valence-corrected chi connectivity index (χ3v) is 3.46. The van der Waals surface area contributed by atoms with Crippen molar-refractivity contribution in [3.8, 4) is 6.07 Å². The Morgan fingerprint density at radius 1 is 1.30 bits per heavy atom. The molecule has 1 aliphatic rings. The first-order valence-corrected chi connectivity index (χ1v) is 7.10. The van der Waals surface area contributed by atoms with Crippen LogP contribution in [0.5, 0.6) is 0 Å². The number of ether oxygens (including phenoxy) is 1. The summed E-state index contributed by atoms with van der Waals surface area (Å²) in [7, 11) is 0. The van der Waals surface area contributed by atoms with Gasteiger partial charge in [-0.3, -0.25) is 5.32 Å². The van der Waals surface area contributed by atoms with Gasteiger partial charge in [0.05, 0.1) is 17.0 Å². The average molecular weight is 326 g/mol. The van der Waals surface area contributed by atoms with E-state index in [2.05, 4.69) is 11.4 Å². The lowest BCUT2D eigenvalue weighted by Gasteiger charge is -2.22. The molecule has 0 unspecified atom stereocenters. The van der Waals surface area contributed by atoms with Crippen LogP contribution in [0.2, 0.25) is 0 Å². The van der Waals surface area contributed by atoms with Crippen LogP contribution >= 0.6 is 0 Å². The van der Waals surface area contributed by atoms with Crippen molar-refractivity contribution in [3.63, 3.8) is 0 Å². The molecule has 124 valence electrons. The average Bonchev–Trinajstić information content (AvgIpc) is 3.16. The van der Waals surface area contributed by atoms with Gasteiger partial charge in [0.25, 0.3) is 0 Å². The highest BCUT2D eigenvalue weighted by Crippen LogP contribution is 2.51. The topological polar surface area (TPSA) is 62.1 Å². The lowest BCUT2D eigenvalue weighted by molar-refractivity contribution is -0.137. The van der Waals surface area contributed by atoms with Crippen LogP contribution in [0.3, 0.4) is 0 Å². The van der Waals surface area contributed by atoms with Gasteiger partial charge in [-0.15, -0.1) is 0 Å². The number of nitrogens with zero attached hydrogens (tertiary/aromatic N) is 1. The molecule has 1 aliphatic carbocycles. The molecule has 4 nitrogen and oxygen atoms in total. The number of hydrogen-bond acceptors (Lipinski definition) is 3. The largest absolute Gasteiger partial charge is 0.444 e. The summed E-state index contributed by atoms with van der Waals surface area (Å²) in [5.74, 6) is 0. The maximum Gasteiger partial charge on any atom is 0.416 e. The van der Waals surface area contributed by atoms with Crippen molar-refractivity contribution in [2.45, 2.75) is 50.8 Å². The quantitative estimate of drug-likeness (QED) is 0.863. The fourth-order valence-electron chi connectivity index (χ4n) is 2.22. The second-order valence-corrected chi connectivity index (χ2v) is 6.58. The van der Waals surface area contributed by atoms with Gasteiger partial charge in [-0.2, -0.15) is 18.4 Å². The second-order valence-electron chi connectivity index (χ2n) is 6.58.